The van der Waals surface area contributed by atoms with E-state index in [1.54, 1.807) is 11.1 Å². The zero-order chi connectivity index (χ0) is 16.0. The molecule has 2 nitrogen and oxygen atoms in total. The van der Waals surface area contributed by atoms with Crippen molar-refractivity contribution in [3.8, 4) is 0 Å². The van der Waals surface area contributed by atoms with E-state index in [9.17, 15) is 0 Å². The van der Waals surface area contributed by atoms with Gasteiger partial charge in [-0.05, 0) is 76.9 Å². The SMILES string of the molecule is CCNCC1=C(c2cc3c4c(cncc4c2)C(C)C3)CC[C@H]1C. The average molecular weight is 306 g/mol. The van der Waals surface area contributed by atoms with Crippen LogP contribution in [0.2, 0.25) is 0 Å². The van der Waals surface area contributed by atoms with Crippen molar-refractivity contribution in [3.63, 3.8) is 0 Å². The first-order valence-corrected chi connectivity index (χ1v) is 9.02. The van der Waals surface area contributed by atoms with E-state index < -0.39 is 0 Å². The molecule has 1 N–H and O–H groups in total. The van der Waals surface area contributed by atoms with Crippen LogP contribution in [0.15, 0.2) is 30.1 Å². The van der Waals surface area contributed by atoms with E-state index in [0.717, 1.165) is 19.5 Å². The molecule has 0 amide bonds. The predicted octanol–water partition coefficient (Wildman–Crippen LogP) is 4.69. The molecule has 0 aliphatic heterocycles. The highest BCUT2D eigenvalue weighted by atomic mass is 14.8. The third kappa shape index (κ3) is 2.40. The third-order valence-electron chi connectivity index (χ3n) is 5.75. The minimum atomic E-state index is 0.606. The molecule has 23 heavy (non-hydrogen) atoms. The molecular formula is C21H26N2. The Balaban J connectivity index is 1.84. The molecule has 0 fully saturated rings. The van der Waals surface area contributed by atoms with Crippen molar-refractivity contribution in [3.05, 3.63) is 46.8 Å². The van der Waals surface area contributed by atoms with Gasteiger partial charge in [0.25, 0.3) is 0 Å². The Morgan fingerprint density at radius 3 is 2.87 bits per heavy atom. The Kier molecular flexibility index (Phi) is 3.73. The van der Waals surface area contributed by atoms with E-state index in [1.165, 1.54) is 40.3 Å². The summed E-state index contributed by atoms with van der Waals surface area (Å²) < 4.78 is 0. The van der Waals surface area contributed by atoms with E-state index >= 15 is 0 Å². The van der Waals surface area contributed by atoms with Crippen LogP contribution in [-0.2, 0) is 6.42 Å². The van der Waals surface area contributed by atoms with Gasteiger partial charge >= 0.3 is 0 Å². The fourth-order valence-corrected chi connectivity index (χ4v) is 4.46. The van der Waals surface area contributed by atoms with Gasteiger partial charge in [0, 0.05) is 24.3 Å². The molecule has 1 unspecified atom stereocenters. The molecule has 0 bridgehead atoms. The normalized spacial score (nSPS) is 23.3. The molecule has 2 atom stereocenters. The van der Waals surface area contributed by atoms with Crippen LogP contribution in [0.5, 0.6) is 0 Å². The summed E-state index contributed by atoms with van der Waals surface area (Å²) >= 11 is 0. The van der Waals surface area contributed by atoms with Crippen LogP contribution in [0.4, 0.5) is 0 Å². The first-order valence-electron chi connectivity index (χ1n) is 9.02. The smallest absolute Gasteiger partial charge is 0.0346 e. The maximum atomic E-state index is 4.49. The van der Waals surface area contributed by atoms with Gasteiger partial charge in [0.1, 0.15) is 0 Å². The van der Waals surface area contributed by atoms with Crippen molar-refractivity contribution in [1.29, 1.82) is 0 Å². The number of rotatable bonds is 4. The summed E-state index contributed by atoms with van der Waals surface area (Å²) in [6.07, 6.45) is 7.79. The van der Waals surface area contributed by atoms with Crippen molar-refractivity contribution < 1.29 is 0 Å². The standard InChI is InChI=1S/C21H26N2/c1-4-22-11-19-13(2)5-6-18(19)15-8-16-7-14(3)20-12-23-10-17(9-15)21(16)20/h8-10,12-14,22H,4-7,11H2,1-3H3/t13-,14?/m1/s1. The Hall–Kier alpha value is -1.67. The molecule has 2 aliphatic rings. The summed E-state index contributed by atoms with van der Waals surface area (Å²) in [4.78, 5) is 4.49. The largest absolute Gasteiger partial charge is 0.313 e. The second-order valence-corrected chi connectivity index (χ2v) is 7.29. The van der Waals surface area contributed by atoms with Crippen molar-refractivity contribution in [2.24, 2.45) is 5.92 Å². The van der Waals surface area contributed by atoms with Gasteiger partial charge in [-0.15, -0.1) is 0 Å². The quantitative estimate of drug-likeness (QED) is 0.886. The van der Waals surface area contributed by atoms with Crippen molar-refractivity contribution >= 4 is 16.3 Å². The molecule has 2 aliphatic carbocycles. The number of nitrogens with one attached hydrogen (secondary N) is 1. The highest BCUT2D eigenvalue weighted by Crippen LogP contribution is 2.42. The summed E-state index contributed by atoms with van der Waals surface area (Å²) in [6.45, 7) is 8.96. The molecule has 120 valence electrons. The topological polar surface area (TPSA) is 24.9 Å². The van der Waals surface area contributed by atoms with Crippen LogP contribution >= 0.6 is 0 Å². The minimum Gasteiger partial charge on any atom is -0.313 e. The van der Waals surface area contributed by atoms with Gasteiger partial charge in [-0.1, -0.05) is 26.8 Å². The number of aromatic nitrogens is 1. The van der Waals surface area contributed by atoms with Crippen LogP contribution in [0.3, 0.4) is 0 Å². The first kappa shape index (κ1) is 14.9. The molecule has 0 saturated carbocycles. The predicted molar refractivity (Wildman–Crippen MR) is 97.7 cm³/mol. The highest BCUT2D eigenvalue weighted by Gasteiger charge is 2.26. The van der Waals surface area contributed by atoms with Gasteiger partial charge in [-0.25, -0.2) is 0 Å². The summed E-state index contributed by atoms with van der Waals surface area (Å²) in [5.74, 6) is 1.31. The maximum Gasteiger partial charge on any atom is 0.0346 e. The van der Waals surface area contributed by atoms with Gasteiger partial charge in [0.15, 0.2) is 0 Å². The zero-order valence-corrected chi connectivity index (χ0v) is 14.4. The van der Waals surface area contributed by atoms with Crippen molar-refractivity contribution in [2.45, 2.75) is 46.0 Å². The molecule has 1 aromatic carbocycles. The number of likely N-dealkylation sites (N-methyl/N-ethyl adjacent to an activating group) is 1. The van der Waals surface area contributed by atoms with E-state index in [2.05, 4.69) is 49.4 Å². The molecule has 4 rings (SSSR count). The number of benzene rings is 1. The number of allylic oxidation sites excluding steroid dienone is 1. The summed E-state index contributed by atoms with van der Waals surface area (Å²) in [7, 11) is 0. The lowest BCUT2D eigenvalue weighted by Crippen LogP contribution is -2.18. The lowest BCUT2D eigenvalue weighted by Gasteiger charge is -2.13. The molecule has 0 saturated heterocycles. The second kappa shape index (κ2) is 5.76. The lowest BCUT2D eigenvalue weighted by atomic mass is 9.95. The Labute approximate surface area is 139 Å². The van der Waals surface area contributed by atoms with Gasteiger partial charge in [-0.2, -0.15) is 0 Å². The fraction of sp³-hybridized carbons (Fsp3) is 0.476. The van der Waals surface area contributed by atoms with Crippen molar-refractivity contribution in [2.75, 3.05) is 13.1 Å². The molecule has 0 spiro atoms. The molecule has 0 radical (unpaired) electrons. The average Bonchev–Trinajstić information content (AvgIpc) is 3.07. The molecule has 1 aromatic heterocycles. The number of hydrogen-bond acceptors (Lipinski definition) is 2. The van der Waals surface area contributed by atoms with Gasteiger partial charge in [-0.3, -0.25) is 4.98 Å². The highest BCUT2D eigenvalue weighted by molar-refractivity contribution is 5.93. The Bertz CT molecular complexity index is 788. The van der Waals surface area contributed by atoms with Crippen molar-refractivity contribution in [1.82, 2.24) is 10.3 Å². The van der Waals surface area contributed by atoms with E-state index in [4.69, 9.17) is 0 Å². The number of nitrogens with zero attached hydrogens (tertiary/aromatic N) is 1. The number of hydrogen-bond donors (Lipinski definition) is 1. The van der Waals surface area contributed by atoms with Gasteiger partial charge in [0.05, 0.1) is 0 Å². The maximum absolute atomic E-state index is 4.49. The molecule has 2 heteroatoms. The lowest BCUT2D eigenvalue weighted by molar-refractivity contribution is 0.631. The van der Waals surface area contributed by atoms with Crippen LogP contribution in [-0.4, -0.2) is 18.1 Å². The van der Waals surface area contributed by atoms with E-state index in [-0.39, 0.29) is 0 Å². The molecular weight excluding hydrogens is 280 g/mol. The second-order valence-electron chi connectivity index (χ2n) is 7.29. The minimum absolute atomic E-state index is 0.606. The molecule has 2 aromatic rings. The zero-order valence-electron chi connectivity index (χ0n) is 14.4. The van der Waals surface area contributed by atoms with Crippen LogP contribution in [0.1, 0.15) is 56.2 Å². The Morgan fingerprint density at radius 2 is 2.04 bits per heavy atom. The summed E-state index contributed by atoms with van der Waals surface area (Å²) in [5.41, 5.74) is 7.61. The first-order chi connectivity index (χ1) is 11.2. The summed E-state index contributed by atoms with van der Waals surface area (Å²) in [5, 5.41) is 6.33. The van der Waals surface area contributed by atoms with Crippen LogP contribution < -0.4 is 5.32 Å². The molecule has 1 heterocycles. The van der Waals surface area contributed by atoms with Gasteiger partial charge in [0.2, 0.25) is 0 Å². The monoisotopic (exact) mass is 306 g/mol. The summed E-state index contributed by atoms with van der Waals surface area (Å²) in [6, 6.07) is 4.85. The van der Waals surface area contributed by atoms with E-state index in [0.29, 0.717) is 11.8 Å². The Morgan fingerprint density at radius 1 is 1.17 bits per heavy atom. The van der Waals surface area contributed by atoms with Crippen LogP contribution in [0.25, 0.3) is 16.3 Å². The number of pyridine rings is 1. The van der Waals surface area contributed by atoms with E-state index in [1.807, 2.05) is 6.20 Å². The fourth-order valence-electron chi connectivity index (χ4n) is 4.46. The van der Waals surface area contributed by atoms with Gasteiger partial charge < -0.3 is 5.32 Å². The third-order valence-corrected chi connectivity index (χ3v) is 5.75. The van der Waals surface area contributed by atoms with Crippen LogP contribution in [0, 0.1) is 5.92 Å².